The van der Waals surface area contributed by atoms with Crippen molar-refractivity contribution in [1.29, 1.82) is 0 Å². The minimum Gasteiger partial charge on any atom is -0.481 e. The number of aryl methyl sites for hydroxylation is 2. The van der Waals surface area contributed by atoms with Gasteiger partial charge in [0.2, 0.25) is 0 Å². The van der Waals surface area contributed by atoms with Crippen molar-refractivity contribution in [2.75, 3.05) is 6.54 Å². The monoisotopic (exact) mass is 352 g/mol. The average Bonchev–Trinajstić information content (AvgIpc) is 2.65. The van der Waals surface area contributed by atoms with Gasteiger partial charge >= 0.3 is 5.97 Å². The van der Waals surface area contributed by atoms with Crippen LogP contribution in [-0.2, 0) is 24.2 Å². The highest BCUT2D eigenvalue weighted by atomic mass is 16.4. The number of hydrogen-bond donors (Lipinski definition) is 2. The molecule has 2 aliphatic rings. The van der Waals surface area contributed by atoms with Gasteiger partial charge in [-0.2, -0.15) is 0 Å². The third-order valence-corrected chi connectivity index (χ3v) is 5.35. The first-order chi connectivity index (χ1) is 12.5. The van der Waals surface area contributed by atoms with Crippen molar-refractivity contribution in [3.05, 3.63) is 68.6 Å². The van der Waals surface area contributed by atoms with Crippen LogP contribution in [-0.4, -0.2) is 33.4 Å². The summed E-state index contributed by atoms with van der Waals surface area (Å²) in [6.07, 6.45) is 3.77. The number of carboxylic acids is 1. The van der Waals surface area contributed by atoms with Gasteiger partial charge in [-0.05, 0) is 48.4 Å². The van der Waals surface area contributed by atoms with Gasteiger partial charge in [0, 0.05) is 18.8 Å². The number of nitrogens with zero attached hydrogens (tertiary/aromatic N) is 1. The number of aliphatic carboxylic acids is 1. The summed E-state index contributed by atoms with van der Waals surface area (Å²) in [5, 5.41) is 9.56. The summed E-state index contributed by atoms with van der Waals surface area (Å²) < 4.78 is 0. The van der Waals surface area contributed by atoms with Crippen LogP contribution in [0.25, 0.3) is 0 Å². The zero-order valence-electron chi connectivity index (χ0n) is 14.3. The molecule has 0 saturated heterocycles. The predicted octanol–water partition coefficient (Wildman–Crippen LogP) is 2.08. The van der Waals surface area contributed by atoms with E-state index in [2.05, 4.69) is 4.98 Å². The number of pyridine rings is 1. The molecule has 0 spiro atoms. The van der Waals surface area contributed by atoms with Gasteiger partial charge in [-0.15, -0.1) is 0 Å². The van der Waals surface area contributed by atoms with Crippen LogP contribution >= 0.6 is 0 Å². The minimum atomic E-state index is -0.964. The number of aromatic nitrogens is 1. The van der Waals surface area contributed by atoms with Crippen LogP contribution in [0.2, 0.25) is 0 Å². The largest absolute Gasteiger partial charge is 0.481 e. The van der Waals surface area contributed by atoms with E-state index in [0.717, 1.165) is 48.1 Å². The van der Waals surface area contributed by atoms with Crippen LogP contribution in [0.15, 0.2) is 35.1 Å². The fourth-order valence-electron chi connectivity index (χ4n) is 3.98. The Morgan fingerprint density at radius 1 is 1.12 bits per heavy atom. The first kappa shape index (κ1) is 16.6. The molecular formula is C20H20N2O4. The zero-order valence-corrected chi connectivity index (χ0v) is 14.3. The van der Waals surface area contributed by atoms with Crippen molar-refractivity contribution in [2.45, 2.75) is 38.1 Å². The number of carbonyl (C=O) groups excluding carboxylic acids is 1. The summed E-state index contributed by atoms with van der Waals surface area (Å²) >= 11 is 0. The Balaban J connectivity index is 1.69. The molecule has 6 nitrogen and oxygen atoms in total. The van der Waals surface area contributed by atoms with E-state index >= 15 is 0 Å². The average molecular weight is 352 g/mol. The van der Waals surface area contributed by atoms with E-state index < -0.39 is 17.8 Å². The molecule has 1 unspecified atom stereocenters. The van der Waals surface area contributed by atoms with Crippen LogP contribution in [0.3, 0.4) is 0 Å². The molecule has 2 aromatic rings. The van der Waals surface area contributed by atoms with E-state index in [1.165, 1.54) is 4.90 Å². The van der Waals surface area contributed by atoms with Gasteiger partial charge in [-0.25, -0.2) is 0 Å². The number of hydrogen-bond acceptors (Lipinski definition) is 3. The number of carboxylic acid groups (broad SMARTS) is 1. The lowest BCUT2D eigenvalue weighted by Gasteiger charge is -2.32. The number of aromatic amines is 1. The van der Waals surface area contributed by atoms with Gasteiger partial charge in [0.25, 0.3) is 11.5 Å². The van der Waals surface area contributed by atoms with Gasteiger partial charge < -0.3 is 15.0 Å². The molecule has 26 heavy (non-hydrogen) atoms. The molecule has 2 N–H and O–H groups in total. The number of fused-ring (bicyclic) bond motifs is 2. The van der Waals surface area contributed by atoms with E-state index in [1.54, 1.807) is 18.2 Å². The molecule has 0 fully saturated rings. The Labute approximate surface area is 150 Å². The van der Waals surface area contributed by atoms with Crippen molar-refractivity contribution in [2.24, 2.45) is 0 Å². The lowest BCUT2D eigenvalue weighted by atomic mass is 9.89. The predicted molar refractivity (Wildman–Crippen MR) is 95.3 cm³/mol. The smallest absolute Gasteiger partial charge is 0.312 e. The second kappa shape index (κ2) is 6.44. The van der Waals surface area contributed by atoms with E-state index in [1.807, 2.05) is 12.1 Å². The summed E-state index contributed by atoms with van der Waals surface area (Å²) in [5.41, 5.74) is 3.21. The Bertz CT molecular complexity index is 947. The molecule has 4 rings (SSSR count). The van der Waals surface area contributed by atoms with Gasteiger partial charge in [0.15, 0.2) is 0 Å². The first-order valence-corrected chi connectivity index (χ1v) is 8.89. The molecule has 1 atom stereocenters. The van der Waals surface area contributed by atoms with E-state index in [-0.39, 0.29) is 17.7 Å². The molecule has 134 valence electrons. The topological polar surface area (TPSA) is 90.5 Å². The SMILES string of the molecule is O=C(O)C1CN(C(=O)c2cc3c([nH]c2=O)CCCC3)Cc2ccccc21. The van der Waals surface area contributed by atoms with Crippen LogP contribution in [0.1, 0.15) is 51.5 Å². The van der Waals surface area contributed by atoms with Gasteiger partial charge in [0.1, 0.15) is 5.56 Å². The fraction of sp³-hybridized carbons (Fsp3) is 0.350. The lowest BCUT2D eigenvalue weighted by Crippen LogP contribution is -2.42. The number of amides is 1. The molecule has 1 aromatic carbocycles. The summed E-state index contributed by atoms with van der Waals surface area (Å²) in [7, 11) is 0. The summed E-state index contributed by atoms with van der Waals surface area (Å²) in [5.74, 6) is -2.14. The molecule has 1 amide bonds. The summed E-state index contributed by atoms with van der Waals surface area (Å²) in [6, 6.07) is 8.97. The number of rotatable bonds is 2. The molecule has 6 heteroatoms. The van der Waals surface area contributed by atoms with Crippen molar-refractivity contribution in [1.82, 2.24) is 9.88 Å². The van der Waals surface area contributed by atoms with E-state index in [9.17, 15) is 19.5 Å². The third-order valence-electron chi connectivity index (χ3n) is 5.35. The van der Waals surface area contributed by atoms with E-state index in [0.29, 0.717) is 6.54 Å². The maximum absolute atomic E-state index is 13.0. The van der Waals surface area contributed by atoms with Crippen LogP contribution in [0.5, 0.6) is 0 Å². The highest BCUT2D eigenvalue weighted by Gasteiger charge is 2.33. The van der Waals surface area contributed by atoms with Crippen LogP contribution in [0.4, 0.5) is 0 Å². The number of benzene rings is 1. The van der Waals surface area contributed by atoms with Gasteiger partial charge in [-0.1, -0.05) is 24.3 Å². The quantitative estimate of drug-likeness (QED) is 0.866. The lowest BCUT2D eigenvalue weighted by molar-refractivity contribution is -0.139. The first-order valence-electron chi connectivity index (χ1n) is 8.89. The van der Waals surface area contributed by atoms with E-state index in [4.69, 9.17) is 0 Å². The Morgan fingerprint density at radius 3 is 2.69 bits per heavy atom. The number of nitrogens with one attached hydrogen (secondary N) is 1. The van der Waals surface area contributed by atoms with Gasteiger partial charge in [-0.3, -0.25) is 14.4 Å². The summed E-state index contributed by atoms with van der Waals surface area (Å²) in [4.78, 5) is 41.4. The van der Waals surface area contributed by atoms with Crippen molar-refractivity contribution in [3.63, 3.8) is 0 Å². The second-order valence-electron chi connectivity index (χ2n) is 7.00. The van der Waals surface area contributed by atoms with Crippen LogP contribution < -0.4 is 5.56 Å². The molecule has 0 saturated carbocycles. The van der Waals surface area contributed by atoms with Crippen molar-refractivity contribution >= 4 is 11.9 Å². The maximum atomic E-state index is 13.0. The van der Waals surface area contributed by atoms with Crippen molar-refractivity contribution < 1.29 is 14.7 Å². The molecular weight excluding hydrogens is 332 g/mol. The fourth-order valence-corrected chi connectivity index (χ4v) is 3.98. The molecule has 2 heterocycles. The maximum Gasteiger partial charge on any atom is 0.312 e. The normalized spacial score (nSPS) is 18.8. The highest BCUT2D eigenvalue weighted by molar-refractivity contribution is 5.95. The highest BCUT2D eigenvalue weighted by Crippen LogP contribution is 2.29. The van der Waals surface area contributed by atoms with Gasteiger partial charge in [0.05, 0.1) is 5.92 Å². The summed E-state index contributed by atoms with van der Waals surface area (Å²) in [6.45, 7) is 0.386. The van der Waals surface area contributed by atoms with Crippen molar-refractivity contribution in [3.8, 4) is 0 Å². The Hall–Kier alpha value is -2.89. The number of H-pyrrole nitrogens is 1. The third kappa shape index (κ3) is 2.81. The standard InChI is InChI=1S/C20H20N2O4/c23-18-15(9-12-5-2-4-8-17(12)21-18)19(24)22-10-13-6-1-3-7-14(13)16(11-22)20(25)26/h1,3,6-7,9,16H,2,4-5,8,10-11H2,(H,21,23)(H,25,26). The molecule has 1 aliphatic carbocycles. The molecule has 0 radical (unpaired) electrons. The second-order valence-corrected chi connectivity index (χ2v) is 7.00. The Kier molecular flexibility index (Phi) is 4.11. The molecule has 1 aromatic heterocycles. The molecule has 1 aliphatic heterocycles. The number of carbonyl (C=O) groups is 2. The Morgan fingerprint density at radius 2 is 1.88 bits per heavy atom. The zero-order chi connectivity index (χ0) is 18.3. The minimum absolute atomic E-state index is 0.0711. The molecule has 0 bridgehead atoms. The van der Waals surface area contributed by atoms with Crippen LogP contribution in [0, 0.1) is 0 Å².